The van der Waals surface area contributed by atoms with Crippen molar-refractivity contribution in [2.75, 3.05) is 18.9 Å². The minimum atomic E-state index is -0.566. The summed E-state index contributed by atoms with van der Waals surface area (Å²) >= 11 is 0. The fourth-order valence-corrected chi connectivity index (χ4v) is 3.58. The number of aromatic nitrogens is 4. The van der Waals surface area contributed by atoms with Crippen LogP contribution in [-0.4, -0.2) is 49.1 Å². The zero-order valence-electron chi connectivity index (χ0n) is 16.0. The number of benzene rings is 1. The van der Waals surface area contributed by atoms with Crippen molar-refractivity contribution in [3.63, 3.8) is 0 Å². The van der Waals surface area contributed by atoms with Crippen LogP contribution in [0.5, 0.6) is 0 Å². The molecule has 1 aromatic carbocycles. The van der Waals surface area contributed by atoms with Gasteiger partial charge >= 0.3 is 5.69 Å². The summed E-state index contributed by atoms with van der Waals surface area (Å²) in [6, 6.07) is 5.76. The number of anilines is 1. The van der Waals surface area contributed by atoms with Crippen LogP contribution in [0.3, 0.4) is 0 Å². The molecular weight excluding hydrogens is 393 g/mol. The van der Waals surface area contributed by atoms with Crippen molar-refractivity contribution in [1.29, 1.82) is 0 Å². The lowest BCUT2D eigenvalue weighted by molar-refractivity contribution is -0.385. The summed E-state index contributed by atoms with van der Waals surface area (Å²) in [5.74, 6) is -0.145. The third kappa shape index (κ3) is 3.81. The molecule has 0 aliphatic carbocycles. The maximum absolute atomic E-state index is 13.2. The number of hydrogen-bond donors (Lipinski definition) is 1. The van der Waals surface area contributed by atoms with Gasteiger partial charge < -0.3 is 10.2 Å². The van der Waals surface area contributed by atoms with E-state index in [0.717, 1.165) is 18.0 Å². The van der Waals surface area contributed by atoms with E-state index < -0.39 is 4.92 Å². The third-order valence-corrected chi connectivity index (χ3v) is 5.10. The fourth-order valence-electron chi connectivity index (χ4n) is 3.58. The number of nitro groups is 1. The van der Waals surface area contributed by atoms with Crippen LogP contribution in [-0.2, 0) is 4.79 Å². The highest BCUT2D eigenvalue weighted by atomic mass is 19.1. The van der Waals surface area contributed by atoms with Crippen molar-refractivity contribution in [2.45, 2.75) is 12.5 Å². The molecule has 2 aromatic heterocycles. The Morgan fingerprint density at radius 2 is 1.93 bits per heavy atom. The zero-order valence-corrected chi connectivity index (χ0v) is 16.0. The van der Waals surface area contributed by atoms with Crippen LogP contribution in [0.25, 0.3) is 5.69 Å². The molecule has 1 amide bonds. The quantitative estimate of drug-likeness (QED) is 0.488. The molecule has 2 atom stereocenters. The lowest BCUT2D eigenvalue weighted by Gasteiger charge is -2.24. The third-order valence-electron chi connectivity index (χ3n) is 5.10. The monoisotopic (exact) mass is 411 g/mol. The molecule has 10 nitrogen and oxygen atoms in total. The summed E-state index contributed by atoms with van der Waals surface area (Å²) in [5.41, 5.74) is 1.37. The van der Waals surface area contributed by atoms with E-state index in [1.54, 1.807) is 35.0 Å². The number of carbonyl (C=O) groups excluding carboxylic acids is 1. The van der Waals surface area contributed by atoms with Crippen LogP contribution in [0, 0.1) is 21.8 Å². The minimum Gasteiger partial charge on any atom is -0.354 e. The molecule has 3 aromatic rings. The maximum Gasteiger partial charge on any atom is 0.305 e. The first kappa shape index (κ1) is 19.4. The van der Waals surface area contributed by atoms with Gasteiger partial charge in [0.25, 0.3) is 0 Å². The van der Waals surface area contributed by atoms with E-state index in [-0.39, 0.29) is 35.3 Å². The number of hydrogen-bond acceptors (Lipinski definition) is 7. The van der Waals surface area contributed by atoms with Gasteiger partial charge in [-0.1, -0.05) is 0 Å². The number of halogens is 1. The number of amides is 1. The van der Waals surface area contributed by atoms with Crippen LogP contribution >= 0.6 is 0 Å². The first-order valence-corrected chi connectivity index (χ1v) is 9.19. The first-order valence-electron chi connectivity index (χ1n) is 9.19. The number of nitrogens with one attached hydrogen (secondary N) is 1. The molecule has 11 heteroatoms. The van der Waals surface area contributed by atoms with Gasteiger partial charge in [-0.3, -0.25) is 14.9 Å². The predicted molar refractivity (Wildman–Crippen MR) is 104 cm³/mol. The van der Waals surface area contributed by atoms with E-state index in [1.165, 1.54) is 12.1 Å². The van der Waals surface area contributed by atoms with E-state index in [1.807, 2.05) is 6.20 Å². The van der Waals surface area contributed by atoms with Gasteiger partial charge in [0.15, 0.2) is 0 Å². The molecule has 0 saturated carbocycles. The lowest BCUT2D eigenvalue weighted by atomic mass is 9.96. The van der Waals surface area contributed by atoms with Gasteiger partial charge in [-0.25, -0.2) is 19.0 Å². The van der Waals surface area contributed by atoms with Gasteiger partial charge in [0.1, 0.15) is 18.2 Å². The fraction of sp³-hybridized carbons (Fsp3) is 0.263. The van der Waals surface area contributed by atoms with E-state index in [9.17, 15) is 19.3 Å². The van der Waals surface area contributed by atoms with Crippen LogP contribution in [0.2, 0.25) is 0 Å². The molecule has 0 radical (unpaired) electrons. The first-order chi connectivity index (χ1) is 14.4. The molecule has 1 fully saturated rings. The van der Waals surface area contributed by atoms with Crippen LogP contribution in [0.1, 0.15) is 18.0 Å². The Balaban J connectivity index is 1.50. The second-order valence-electron chi connectivity index (χ2n) is 7.01. The van der Waals surface area contributed by atoms with Gasteiger partial charge in [0.2, 0.25) is 11.9 Å². The maximum atomic E-state index is 13.2. The molecule has 0 spiro atoms. The molecule has 3 heterocycles. The molecule has 0 bridgehead atoms. The molecule has 0 unspecified atom stereocenters. The second-order valence-corrected chi connectivity index (χ2v) is 7.01. The summed E-state index contributed by atoms with van der Waals surface area (Å²) in [6.45, 7) is 0.403. The molecule has 1 saturated heterocycles. The molecular formula is C19H18FN7O3. The van der Waals surface area contributed by atoms with Crippen molar-refractivity contribution < 1.29 is 14.1 Å². The van der Waals surface area contributed by atoms with Gasteiger partial charge in [0.05, 0.1) is 22.8 Å². The highest BCUT2D eigenvalue weighted by Gasteiger charge is 2.39. The normalized spacial score (nSPS) is 18.6. The summed E-state index contributed by atoms with van der Waals surface area (Å²) in [7, 11) is 1.74. The molecule has 1 N–H and O–H groups in total. The average Bonchev–Trinajstić information content (AvgIpc) is 3.32. The molecule has 1 aliphatic heterocycles. The van der Waals surface area contributed by atoms with Gasteiger partial charge in [-0.15, -0.1) is 0 Å². The summed E-state index contributed by atoms with van der Waals surface area (Å²) in [5, 5.41) is 18.1. The Morgan fingerprint density at radius 1 is 1.23 bits per heavy atom. The summed E-state index contributed by atoms with van der Waals surface area (Å²) in [4.78, 5) is 32.0. The molecule has 4 rings (SSSR count). The van der Waals surface area contributed by atoms with Gasteiger partial charge in [0, 0.05) is 37.7 Å². The van der Waals surface area contributed by atoms with Crippen LogP contribution < -0.4 is 5.32 Å². The SMILES string of the molecule is CN1C(=O)C[C@@H](CNc2ncc([N+](=O)[O-])cn2)[C@@H]1c1cnn(-c2ccc(F)cc2)c1. The van der Waals surface area contributed by atoms with Crippen LogP contribution in [0.4, 0.5) is 16.0 Å². The van der Waals surface area contributed by atoms with E-state index in [2.05, 4.69) is 20.4 Å². The van der Waals surface area contributed by atoms with Crippen molar-refractivity contribution in [3.05, 3.63) is 70.5 Å². The largest absolute Gasteiger partial charge is 0.354 e. The van der Waals surface area contributed by atoms with Crippen molar-refractivity contribution in [3.8, 4) is 5.69 Å². The smallest absolute Gasteiger partial charge is 0.305 e. The molecule has 154 valence electrons. The Kier molecular flexibility index (Phi) is 5.09. The molecule has 30 heavy (non-hydrogen) atoms. The Bertz CT molecular complexity index is 1070. The van der Waals surface area contributed by atoms with Crippen LogP contribution in [0.15, 0.2) is 49.1 Å². The predicted octanol–water partition coefficient (Wildman–Crippen LogP) is 2.34. The van der Waals surface area contributed by atoms with Crippen molar-refractivity contribution in [2.24, 2.45) is 5.92 Å². The standard InChI is InChI=1S/C19H18FN7O3/c1-25-17(28)6-12(7-21-19-22-9-16(10-23-19)27(29)30)18(25)13-8-24-26(11-13)15-4-2-14(20)3-5-15/h2-5,8-12,18H,6-7H2,1H3,(H,21,22,23)/t12-,18+/m0/s1. The highest BCUT2D eigenvalue weighted by Crippen LogP contribution is 2.37. The van der Waals surface area contributed by atoms with E-state index >= 15 is 0 Å². The summed E-state index contributed by atoms with van der Waals surface area (Å²) in [6.07, 6.45) is 6.11. The number of likely N-dealkylation sites (tertiary alicyclic amines) is 1. The Labute approximate surface area is 170 Å². The lowest BCUT2D eigenvalue weighted by Crippen LogP contribution is -2.26. The van der Waals surface area contributed by atoms with Crippen molar-refractivity contribution in [1.82, 2.24) is 24.6 Å². The van der Waals surface area contributed by atoms with Gasteiger partial charge in [-0.05, 0) is 24.3 Å². The average molecular weight is 411 g/mol. The Hall–Kier alpha value is -3.89. The van der Waals surface area contributed by atoms with E-state index in [4.69, 9.17) is 0 Å². The number of carbonyl (C=O) groups is 1. The Morgan fingerprint density at radius 3 is 2.60 bits per heavy atom. The highest BCUT2D eigenvalue weighted by molar-refractivity contribution is 5.79. The second kappa shape index (κ2) is 7.85. The molecule has 1 aliphatic rings. The topological polar surface area (TPSA) is 119 Å². The van der Waals surface area contributed by atoms with E-state index in [0.29, 0.717) is 18.7 Å². The summed E-state index contributed by atoms with van der Waals surface area (Å²) < 4.78 is 14.8. The van der Waals surface area contributed by atoms with Gasteiger partial charge in [-0.2, -0.15) is 5.10 Å². The minimum absolute atomic E-state index is 0.00551. The zero-order chi connectivity index (χ0) is 21.3. The number of nitrogens with zero attached hydrogens (tertiary/aromatic N) is 6. The number of rotatable bonds is 6. The van der Waals surface area contributed by atoms with Crippen molar-refractivity contribution >= 4 is 17.5 Å².